The van der Waals surface area contributed by atoms with Crippen LogP contribution in [0.2, 0.25) is 0 Å². The van der Waals surface area contributed by atoms with Crippen LogP contribution in [-0.4, -0.2) is 33.0 Å². The van der Waals surface area contributed by atoms with E-state index in [0.717, 1.165) is 38.2 Å². The molecule has 35 heavy (non-hydrogen) atoms. The number of hydrogen-bond donors (Lipinski definition) is 1. The van der Waals surface area contributed by atoms with E-state index in [1.807, 2.05) is 12.1 Å². The normalized spacial score (nSPS) is 15.0. The van der Waals surface area contributed by atoms with Crippen molar-refractivity contribution in [3.63, 3.8) is 0 Å². The number of H-pyrrole nitrogens is 1. The smallest absolute Gasteiger partial charge is 0.147 e. The minimum atomic E-state index is -1.47. The topological polar surface area (TPSA) is 57.7 Å². The second kappa shape index (κ2) is 9.21. The highest BCUT2D eigenvalue weighted by atomic mass is 19.1. The van der Waals surface area contributed by atoms with Gasteiger partial charge in [0, 0.05) is 18.7 Å². The third-order valence-electron chi connectivity index (χ3n) is 6.77. The van der Waals surface area contributed by atoms with Gasteiger partial charge in [-0.15, -0.1) is 6.58 Å². The molecule has 7 heteroatoms. The third kappa shape index (κ3) is 4.81. The monoisotopic (exact) mass is 473 g/mol. The largest absolute Gasteiger partial charge is 0.355 e. The first-order valence-corrected chi connectivity index (χ1v) is 12.0. The molecule has 3 heterocycles. The molecule has 0 saturated carbocycles. The highest BCUT2D eigenvalue weighted by molar-refractivity contribution is 5.80. The van der Waals surface area contributed by atoms with E-state index in [-0.39, 0.29) is 0 Å². The van der Waals surface area contributed by atoms with Crippen molar-refractivity contribution in [1.29, 1.82) is 0 Å². The molecule has 0 radical (unpaired) electrons. The number of halogens is 2. The highest BCUT2D eigenvalue weighted by Crippen LogP contribution is 2.31. The fourth-order valence-electron chi connectivity index (χ4n) is 4.64. The molecule has 2 aromatic heterocycles. The number of piperidine rings is 1. The molecule has 0 atom stereocenters. The molecule has 0 unspecified atom stereocenters. The first-order valence-electron chi connectivity index (χ1n) is 12.0. The first kappa shape index (κ1) is 23.1. The molecule has 2 aromatic carbocycles. The molecular weight excluding hydrogens is 444 g/mol. The van der Waals surface area contributed by atoms with Crippen molar-refractivity contribution < 1.29 is 8.78 Å². The number of benzene rings is 2. The number of aromatic amines is 1. The van der Waals surface area contributed by atoms with Crippen molar-refractivity contribution in [2.24, 2.45) is 5.92 Å². The minimum absolute atomic E-state index is 0.345. The van der Waals surface area contributed by atoms with Crippen molar-refractivity contribution in [1.82, 2.24) is 19.9 Å². The van der Waals surface area contributed by atoms with Crippen LogP contribution in [0.15, 0.2) is 61.4 Å². The van der Waals surface area contributed by atoms with Gasteiger partial charge in [0.2, 0.25) is 0 Å². The lowest BCUT2D eigenvalue weighted by Gasteiger charge is -2.32. The van der Waals surface area contributed by atoms with Crippen LogP contribution in [0.1, 0.15) is 38.7 Å². The van der Waals surface area contributed by atoms with Crippen LogP contribution in [0.3, 0.4) is 0 Å². The van der Waals surface area contributed by atoms with Gasteiger partial charge in [0.25, 0.3) is 0 Å². The second-order valence-electron chi connectivity index (χ2n) is 9.70. The molecule has 0 bridgehead atoms. The molecule has 4 aromatic rings. The third-order valence-corrected chi connectivity index (χ3v) is 6.77. The minimum Gasteiger partial charge on any atom is -0.355 e. The molecular formula is C28H29F2N5. The van der Waals surface area contributed by atoms with Crippen LogP contribution in [0, 0.1) is 11.7 Å². The number of rotatable bonds is 6. The zero-order chi connectivity index (χ0) is 24.6. The number of aromatic nitrogens is 4. The Kier molecular flexibility index (Phi) is 6.09. The van der Waals surface area contributed by atoms with Gasteiger partial charge in [-0.1, -0.05) is 18.2 Å². The number of hydrogen-bond acceptors (Lipinski definition) is 4. The number of alkyl halides is 1. The van der Waals surface area contributed by atoms with Gasteiger partial charge in [-0.3, -0.25) is 4.98 Å². The molecule has 1 saturated heterocycles. The number of nitrogens with one attached hydrogen (secondary N) is 1. The van der Waals surface area contributed by atoms with Crippen molar-refractivity contribution in [3.05, 3.63) is 72.8 Å². The molecule has 1 aliphatic rings. The molecule has 0 amide bonds. The summed E-state index contributed by atoms with van der Waals surface area (Å²) < 4.78 is 29.4. The van der Waals surface area contributed by atoms with Crippen LogP contribution in [0.5, 0.6) is 0 Å². The molecule has 1 N–H and O–H groups in total. The Morgan fingerprint density at radius 1 is 1.11 bits per heavy atom. The van der Waals surface area contributed by atoms with E-state index in [4.69, 9.17) is 0 Å². The average molecular weight is 474 g/mol. The summed E-state index contributed by atoms with van der Waals surface area (Å²) in [5.41, 5.74) is 2.00. The van der Waals surface area contributed by atoms with E-state index in [2.05, 4.69) is 31.4 Å². The van der Waals surface area contributed by atoms with E-state index in [1.165, 1.54) is 19.9 Å². The second-order valence-corrected chi connectivity index (χ2v) is 9.70. The lowest BCUT2D eigenvalue weighted by molar-refractivity contribution is 0.221. The highest BCUT2D eigenvalue weighted by Gasteiger charge is 2.21. The summed E-state index contributed by atoms with van der Waals surface area (Å²) in [7, 11) is 0. The van der Waals surface area contributed by atoms with Crippen molar-refractivity contribution in [2.45, 2.75) is 38.8 Å². The Morgan fingerprint density at radius 2 is 1.91 bits per heavy atom. The lowest BCUT2D eigenvalue weighted by Crippen LogP contribution is -2.34. The summed E-state index contributed by atoms with van der Waals surface area (Å²) in [6.07, 6.45) is 8.76. The van der Waals surface area contributed by atoms with Crippen molar-refractivity contribution in [3.8, 4) is 22.6 Å². The number of anilines is 1. The van der Waals surface area contributed by atoms with Gasteiger partial charge >= 0.3 is 0 Å². The summed E-state index contributed by atoms with van der Waals surface area (Å²) in [4.78, 5) is 19.0. The van der Waals surface area contributed by atoms with E-state index >= 15 is 4.39 Å². The predicted octanol–water partition coefficient (Wildman–Crippen LogP) is 6.82. The van der Waals surface area contributed by atoms with Gasteiger partial charge < -0.3 is 9.88 Å². The maximum atomic E-state index is 15.1. The van der Waals surface area contributed by atoms with Crippen LogP contribution in [0.4, 0.5) is 14.6 Å². The molecule has 180 valence electrons. The lowest BCUT2D eigenvalue weighted by atomic mass is 9.94. The Morgan fingerprint density at radius 3 is 2.57 bits per heavy atom. The Labute approximate surface area is 204 Å². The summed E-state index contributed by atoms with van der Waals surface area (Å²) in [5, 5.41) is 0. The van der Waals surface area contributed by atoms with Crippen LogP contribution in [0.25, 0.3) is 33.7 Å². The Balaban J connectivity index is 1.34. The number of allylic oxidation sites excluding steroid dienone is 1. The van der Waals surface area contributed by atoms with Crippen LogP contribution >= 0.6 is 0 Å². The average Bonchev–Trinajstić information content (AvgIpc) is 3.27. The summed E-state index contributed by atoms with van der Waals surface area (Å²) >= 11 is 0. The maximum Gasteiger partial charge on any atom is 0.147 e. The van der Waals surface area contributed by atoms with Gasteiger partial charge in [0.1, 0.15) is 23.1 Å². The molecule has 1 aliphatic heterocycles. The molecule has 5 nitrogen and oxygen atoms in total. The van der Waals surface area contributed by atoms with Crippen molar-refractivity contribution >= 4 is 16.9 Å². The summed E-state index contributed by atoms with van der Waals surface area (Å²) in [6, 6.07) is 10.1. The van der Waals surface area contributed by atoms with Gasteiger partial charge in [-0.25, -0.2) is 18.7 Å². The number of fused-ring (bicyclic) bond motifs is 1. The fourth-order valence-corrected chi connectivity index (χ4v) is 4.64. The quantitative estimate of drug-likeness (QED) is 0.312. The maximum absolute atomic E-state index is 15.1. The van der Waals surface area contributed by atoms with Crippen LogP contribution in [-0.2, 0) is 5.67 Å². The molecule has 0 aliphatic carbocycles. The van der Waals surface area contributed by atoms with Gasteiger partial charge in [0.15, 0.2) is 0 Å². The predicted molar refractivity (Wildman–Crippen MR) is 136 cm³/mol. The van der Waals surface area contributed by atoms with E-state index in [1.54, 1.807) is 36.7 Å². The zero-order valence-electron chi connectivity index (χ0n) is 20.1. The van der Waals surface area contributed by atoms with Gasteiger partial charge in [0.05, 0.1) is 34.7 Å². The van der Waals surface area contributed by atoms with Gasteiger partial charge in [-0.05, 0) is 68.9 Å². The summed E-state index contributed by atoms with van der Waals surface area (Å²) in [6.45, 7) is 8.76. The Hall–Kier alpha value is -3.61. The molecule has 1 fully saturated rings. The van der Waals surface area contributed by atoms with Crippen molar-refractivity contribution in [2.75, 3.05) is 18.0 Å². The molecule has 5 rings (SSSR count). The number of imidazole rings is 1. The van der Waals surface area contributed by atoms with Crippen LogP contribution < -0.4 is 4.90 Å². The zero-order valence-corrected chi connectivity index (χ0v) is 20.1. The first-order chi connectivity index (χ1) is 16.8. The summed E-state index contributed by atoms with van der Waals surface area (Å²) in [5.74, 6) is 1.53. The fraction of sp³-hybridized carbons (Fsp3) is 0.321. The van der Waals surface area contributed by atoms with E-state index in [0.29, 0.717) is 45.2 Å². The van der Waals surface area contributed by atoms with E-state index in [9.17, 15) is 4.39 Å². The van der Waals surface area contributed by atoms with Gasteiger partial charge in [-0.2, -0.15) is 0 Å². The number of nitrogens with zero attached hydrogens (tertiary/aromatic N) is 4. The standard InChI is InChI=1S/C28H29F2N5/c1-4-5-18-10-12-35(13-11-18)26-17-31-25(16-32-26)19-6-8-21(22(29)14-19)27-33-23-9-7-20(28(2,3)30)15-24(23)34-27/h4,6-9,14-18H,1,5,10-13H2,2-3H3,(H,33,34). The van der Waals surface area contributed by atoms with E-state index < -0.39 is 11.5 Å². The Bertz CT molecular complexity index is 1350. The molecule has 0 spiro atoms. The SMILES string of the molecule is C=CCC1CCN(c2cnc(-c3ccc(-c4nc5ccc(C(C)(C)F)cc5[nH]4)c(F)c3)cn2)CC1.